The van der Waals surface area contributed by atoms with Gasteiger partial charge in [-0.05, 0) is 18.6 Å². The van der Waals surface area contributed by atoms with Crippen LogP contribution in [0.15, 0.2) is 36.7 Å². The largest absolute Gasteiger partial charge is 0.493 e. The average molecular weight is 392 g/mol. The second-order valence-electron chi connectivity index (χ2n) is 6.68. The fourth-order valence-corrected chi connectivity index (χ4v) is 3.49. The van der Waals surface area contributed by atoms with Gasteiger partial charge in [0.1, 0.15) is 29.2 Å². The number of fused-ring (bicyclic) bond motifs is 2. The minimum Gasteiger partial charge on any atom is -0.493 e. The number of hydrogen-bond acceptors (Lipinski definition) is 5. The van der Waals surface area contributed by atoms with Crippen molar-refractivity contribution >= 4 is 16.9 Å². The van der Waals surface area contributed by atoms with Crippen molar-refractivity contribution in [3.63, 3.8) is 0 Å². The summed E-state index contributed by atoms with van der Waals surface area (Å²) in [5, 5.41) is 3.63. The lowest BCUT2D eigenvalue weighted by Crippen LogP contribution is -2.32. The number of nitrogens with one attached hydrogen (secondary N) is 2. The molecule has 0 unspecified atom stereocenters. The van der Waals surface area contributed by atoms with E-state index in [2.05, 4.69) is 20.3 Å². The number of aromatic nitrogens is 3. The number of H-pyrrole nitrogens is 1. The average Bonchev–Trinajstić information content (AvgIpc) is 3.13. The predicted molar refractivity (Wildman–Crippen MR) is 97.2 cm³/mol. The number of methoxy groups -OCH3 is 1. The number of para-hydroxylation sites is 1. The van der Waals surface area contributed by atoms with Crippen molar-refractivity contribution in [1.82, 2.24) is 15.0 Å². The van der Waals surface area contributed by atoms with Gasteiger partial charge in [0.25, 0.3) is 0 Å². The number of alkyl halides is 3. The van der Waals surface area contributed by atoms with E-state index in [0.29, 0.717) is 24.4 Å². The van der Waals surface area contributed by atoms with Crippen molar-refractivity contribution in [2.45, 2.75) is 18.6 Å². The van der Waals surface area contributed by atoms with Crippen LogP contribution in [-0.2, 0) is 10.9 Å². The fourth-order valence-electron chi connectivity index (χ4n) is 3.49. The normalized spacial score (nSPS) is 19.3. The van der Waals surface area contributed by atoms with E-state index in [1.54, 1.807) is 7.11 Å². The summed E-state index contributed by atoms with van der Waals surface area (Å²) < 4.78 is 50.3. The van der Waals surface area contributed by atoms with Crippen LogP contribution in [0.3, 0.4) is 0 Å². The highest BCUT2D eigenvalue weighted by atomic mass is 19.4. The minimum atomic E-state index is -4.48. The summed E-state index contributed by atoms with van der Waals surface area (Å²) in [6.45, 7) is 1.03. The number of aromatic amines is 1. The summed E-state index contributed by atoms with van der Waals surface area (Å²) >= 11 is 0. The van der Waals surface area contributed by atoms with E-state index in [1.165, 1.54) is 6.33 Å². The Morgan fingerprint density at radius 1 is 1.29 bits per heavy atom. The van der Waals surface area contributed by atoms with Crippen molar-refractivity contribution in [3.8, 4) is 5.75 Å². The summed E-state index contributed by atoms with van der Waals surface area (Å²) in [4.78, 5) is 10.5. The van der Waals surface area contributed by atoms with Crippen LogP contribution in [-0.4, -0.2) is 35.3 Å². The third-order valence-electron chi connectivity index (χ3n) is 4.89. The third-order valence-corrected chi connectivity index (χ3v) is 4.89. The summed E-state index contributed by atoms with van der Waals surface area (Å²) in [7, 11) is 1.63. The summed E-state index contributed by atoms with van der Waals surface area (Å²) in [6.07, 6.45) is -2.50. The lowest BCUT2D eigenvalue weighted by atomic mass is 9.88. The van der Waals surface area contributed by atoms with Crippen LogP contribution in [0, 0.1) is 5.92 Å². The molecule has 3 aromatic rings. The fraction of sp³-hybridized carbons (Fsp3) is 0.368. The molecule has 0 spiro atoms. The highest BCUT2D eigenvalue weighted by Crippen LogP contribution is 2.40. The van der Waals surface area contributed by atoms with Crippen LogP contribution in [0.1, 0.15) is 23.7 Å². The molecule has 3 heterocycles. The van der Waals surface area contributed by atoms with E-state index in [4.69, 9.17) is 9.47 Å². The second kappa shape index (κ2) is 7.31. The summed E-state index contributed by atoms with van der Waals surface area (Å²) in [5.74, 6) is 1.17. The molecule has 9 heteroatoms. The number of rotatable bonds is 5. The van der Waals surface area contributed by atoms with Gasteiger partial charge in [-0.15, -0.1) is 0 Å². The zero-order valence-corrected chi connectivity index (χ0v) is 15.1. The maximum atomic E-state index is 13.1. The van der Waals surface area contributed by atoms with E-state index in [-0.39, 0.29) is 17.6 Å². The minimum absolute atomic E-state index is 0.0703. The van der Waals surface area contributed by atoms with Gasteiger partial charge in [0.2, 0.25) is 0 Å². The first-order valence-electron chi connectivity index (χ1n) is 8.85. The Kier molecular flexibility index (Phi) is 4.84. The first-order valence-corrected chi connectivity index (χ1v) is 8.85. The Morgan fingerprint density at radius 2 is 2.11 bits per heavy atom. The van der Waals surface area contributed by atoms with Crippen molar-refractivity contribution in [3.05, 3.63) is 47.9 Å². The Balaban J connectivity index is 1.72. The smallest absolute Gasteiger partial charge is 0.431 e. The second-order valence-corrected chi connectivity index (χ2v) is 6.68. The Bertz CT molecular complexity index is 973. The van der Waals surface area contributed by atoms with Crippen molar-refractivity contribution in [2.75, 3.05) is 25.6 Å². The van der Waals surface area contributed by atoms with Gasteiger partial charge in [-0.1, -0.05) is 18.2 Å². The van der Waals surface area contributed by atoms with Crippen LogP contribution < -0.4 is 10.1 Å². The van der Waals surface area contributed by atoms with Gasteiger partial charge >= 0.3 is 6.18 Å². The molecule has 0 radical (unpaired) electrons. The molecule has 148 valence electrons. The number of halogens is 3. The summed E-state index contributed by atoms with van der Waals surface area (Å²) in [5.41, 5.74) is 0.223. The van der Waals surface area contributed by atoms with Crippen molar-refractivity contribution in [1.29, 1.82) is 0 Å². The quantitative estimate of drug-likeness (QED) is 0.682. The van der Waals surface area contributed by atoms with Crippen LogP contribution in [0.4, 0.5) is 19.0 Å². The zero-order chi connectivity index (χ0) is 19.7. The molecule has 0 amide bonds. The molecular weight excluding hydrogens is 373 g/mol. The standard InChI is InChI=1S/C19H19F3N4O2/c1-27-7-6-11-9-28-14-5-3-2-4-12(14)16(11)26-18-13-8-15(19(20,21)22)25-17(13)23-10-24-18/h2-5,8,10-11,16H,6-7,9H2,1H3,(H2,23,24,25,26)/t11-,16+/m1/s1. The molecule has 1 aliphatic rings. The van der Waals surface area contributed by atoms with Gasteiger partial charge in [0, 0.05) is 25.2 Å². The van der Waals surface area contributed by atoms with Gasteiger partial charge in [0.05, 0.1) is 18.0 Å². The lowest BCUT2D eigenvalue weighted by molar-refractivity contribution is -0.140. The van der Waals surface area contributed by atoms with E-state index in [9.17, 15) is 13.2 Å². The van der Waals surface area contributed by atoms with Crippen molar-refractivity contribution < 1.29 is 22.6 Å². The molecule has 1 aromatic carbocycles. The summed E-state index contributed by atoms with van der Waals surface area (Å²) in [6, 6.07) is 8.47. The van der Waals surface area contributed by atoms with Gasteiger partial charge in [-0.25, -0.2) is 9.97 Å². The number of ether oxygens (including phenoxy) is 2. The van der Waals surface area contributed by atoms with Crippen LogP contribution >= 0.6 is 0 Å². The van der Waals surface area contributed by atoms with Gasteiger partial charge in [0.15, 0.2) is 0 Å². The van der Waals surface area contributed by atoms with Gasteiger partial charge in [-0.3, -0.25) is 0 Å². The third kappa shape index (κ3) is 3.49. The Morgan fingerprint density at radius 3 is 2.89 bits per heavy atom. The lowest BCUT2D eigenvalue weighted by Gasteiger charge is -2.34. The van der Waals surface area contributed by atoms with E-state index in [0.717, 1.165) is 23.8 Å². The molecule has 4 rings (SSSR count). The van der Waals surface area contributed by atoms with E-state index < -0.39 is 11.9 Å². The zero-order valence-electron chi connectivity index (χ0n) is 15.1. The SMILES string of the molecule is COCC[C@@H]1COc2ccccc2[C@H]1Nc1ncnc2[nH]c(C(F)(F)F)cc12. The molecular formula is C19H19F3N4O2. The van der Waals surface area contributed by atoms with E-state index >= 15 is 0 Å². The highest BCUT2D eigenvalue weighted by Gasteiger charge is 2.34. The van der Waals surface area contributed by atoms with Crippen LogP contribution in [0.5, 0.6) is 5.75 Å². The molecule has 0 aliphatic carbocycles. The topological polar surface area (TPSA) is 72.1 Å². The molecule has 2 N–H and O–H groups in total. The molecule has 0 saturated carbocycles. The molecule has 2 atom stereocenters. The number of nitrogens with zero attached hydrogens (tertiary/aromatic N) is 2. The highest BCUT2D eigenvalue weighted by molar-refractivity contribution is 5.88. The molecule has 0 bridgehead atoms. The molecule has 1 aliphatic heterocycles. The molecule has 28 heavy (non-hydrogen) atoms. The maximum Gasteiger partial charge on any atom is 0.431 e. The van der Waals surface area contributed by atoms with Gasteiger partial charge < -0.3 is 19.8 Å². The Hall–Kier alpha value is -2.81. The van der Waals surface area contributed by atoms with Crippen molar-refractivity contribution in [2.24, 2.45) is 5.92 Å². The maximum absolute atomic E-state index is 13.1. The first-order chi connectivity index (χ1) is 13.5. The monoisotopic (exact) mass is 392 g/mol. The molecule has 0 fully saturated rings. The molecule has 6 nitrogen and oxygen atoms in total. The van der Waals surface area contributed by atoms with E-state index in [1.807, 2.05) is 24.3 Å². The molecule has 0 saturated heterocycles. The predicted octanol–water partition coefficient (Wildman–Crippen LogP) is 4.18. The van der Waals surface area contributed by atoms with Crippen LogP contribution in [0.2, 0.25) is 0 Å². The number of hydrogen-bond donors (Lipinski definition) is 2. The van der Waals surface area contributed by atoms with Gasteiger partial charge in [-0.2, -0.15) is 13.2 Å². The number of anilines is 1. The Labute approximate surface area is 159 Å². The van der Waals surface area contributed by atoms with Crippen LogP contribution in [0.25, 0.3) is 11.0 Å². The molecule has 2 aromatic heterocycles. The number of benzene rings is 1. The first kappa shape index (κ1) is 18.5.